The number of rotatable bonds is 2. The number of carbonyl (C=O) groups is 2. The molecule has 0 radical (unpaired) electrons. The van der Waals surface area contributed by atoms with Gasteiger partial charge in [0.1, 0.15) is 17.9 Å². The molecule has 2 heterocycles. The van der Waals surface area contributed by atoms with Crippen LogP contribution in [0.3, 0.4) is 0 Å². The Bertz CT molecular complexity index is 525. The number of carbonyl (C=O) groups excluding carboxylic acids is 2. The van der Waals surface area contributed by atoms with Gasteiger partial charge in [0, 0.05) is 6.20 Å². The van der Waals surface area contributed by atoms with E-state index in [0.29, 0.717) is 6.54 Å². The Morgan fingerprint density at radius 2 is 2.15 bits per heavy atom. The second-order valence-corrected chi connectivity index (χ2v) is 5.59. The first kappa shape index (κ1) is 13.0. The fourth-order valence-electron chi connectivity index (χ4n) is 3.10. The molecule has 1 unspecified atom stereocenters. The van der Waals surface area contributed by atoms with Crippen LogP contribution in [0.4, 0.5) is 0 Å². The summed E-state index contributed by atoms with van der Waals surface area (Å²) in [6.45, 7) is 2.12. The predicted octanol–water partition coefficient (Wildman–Crippen LogP) is 0.636. The van der Waals surface area contributed by atoms with Crippen LogP contribution in [-0.4, -0.2) is 38.3 Å². The first-order valence-electron chi connectivity index (χ1n) is 7.00. The van der Waals surface area contributed by atoms with Crippen LogP contribution in [0.2, 0.25) is 0 Å². The Morgan fingerprint density at radius 1 is 1.40 bits per heavy atom. The monoisotopic (exact) mass is 274 g/mol. The van der Waals surface area contributed by atoms with Gasteiger partial charge in [0.15, 0.2) is 0 Å². The minimum Gasteiger partial charge on any atom is -0.340 e. The lowest BCUT2D eigenvalue weighted by Gasteiger charge is -2.43. The van der Waals surface area contributed by atoms with Gasteiger partial charge >= 0.3 is 0 Å². The highest BCUT2D eigenvalue weighted by Crippen LogP contribution is 2.35. The Hall–Kier alpha value is -1.98. The van der Waals surface area contributed by atoms with Crippen LogP contribution in [0.15, 0.2) is 18.6 Å². The maximum atomic E-state index is 12.8. The zero-order valence-corrected chi connectivity index (χ0v) is 11.5. The first-order chi connectivity index (χ1) is 9.62. The number of nitrogens with one attached hydrogen (secondary N) is 1. The predicted molar refractivity (Wildman–Crippen MR) is 71.4 cm³/mol. The molecule has 1 aromatic rings. The number of aromatic nitrogens is 2. The first-order valence-corrected chi connectivity index (χ1v) is 7.00. The summed E-state index contributed by atoms with van der Waals surface area (Å²) >= 11 is 0. The van der Waals surface area contributed by atoms with Crippen LogP contribution in [0.5, 0.6) is 0 Å². The smallest absolute Gasteiger partial charge is 0.249 e. The minimum absolute atomic E-state index is 0.0284. The van der Waals surface area contributed by atoms with E-state index in [0.717, 1.165) is 31.4 Å². The SMILES string of the molecule is CC1C(=O)NC2(CCCC2)C(=O)N1Cc1ccncn1. The Balaban J connectivity index is 1.87. The summed E-state index contributed by atoms with van der Waals surface area (Å²) in [5, 5.41) is 2.94. The van der Waals surface area contributed by atoms with Crippen molar-refractivity contribution in [1.29, 1.82) is 0 Å². The third-order valence-electron chi connectivity index (χ3n) is 4.31. The second kappa shape index (κ2) is 4.85. The molecule has 6 heteroatoms. The summed E-state index contributed by atoms with van der Waals surface area (Å²) < 4.78 is 0. The number of hydrogen-bond acceptors (Lipinski definition) is 4. The van der Waals surface area contributed by atoms with Gasteiger partial charge in [-0.25, -0.2) is 9.97 Å². The highest BCUT2D eigenvalue weighted by Gasteiger charge is 2.50. The van der Waals surface area contributed by atoms with Crippen LogP contribution >= 0.6 is 0 Å². The number of hydrogen-bond donors (Lipinski definition) is 1. The van der Waals surface area contributed by atoms with Crippen molar-refractivity contribution in [3.05, 3.63) is 24.3 Å². The van der Waals surface area contributed by atoms with Gasteiger partial charge in [-0.05, 0) is 25.8 Å². The normalized spacial score (nSPS) is 25.1. The van der Waals surface area contributed by atoms with Gasteiger partial charge in [0.05, 0.1) is 12.2 Å². The van der Waals surface area contributed by atoms with Crippen LogP contribution < -0.4 is 5.32 Å². The van der Waals surface area contributed by atoms with Crippen LogP contribution in [0.1, 0.15) is 38.3 Å². The van der Waals surface area contributed by atoms with E-state index in [4.69, 9.17) is 0 Å². The van der Waals surface area contributed by atoms with Crippen LogP contribution in [0, 0.1) is 0 Å². The Morgan fingerprint density at radius 3 is 2.80 bits per heavy atom. The minimum atomic E-state index is -0.670. The van der Waals surface area contributed by atoms with Gasteiger partial charge in [-0.3, -0.25) is 9.59 Å². The molecule has 2 amide bonds. The van der Waals surface area contributed by atoms with Gasteiger partial charge in [0.25, 0.3) is 0 Å². The van der Waals surface area contributed by atoms with E-state index >= 15 is 0 Å². The molecule has 1 N–H and O–H groups in total. The lowest BCUT2D eigenvalue weighted by Crippen LogP contribution is -2.68. The highest BCUT2D eigenvalue weighted by molar-refractivity contribution is 5.99. The quantitative estimate of drug-likeness (QED) is 0.858. The van der Waals surface area contributed by atoms with Crippen molar-refractivity contribution in [1.82, 2.24) is 20.2 Å². The third kappa shape index (κ3) is 2.05. The average Bonchev–Trinajstić information content (AvgIpc) is 2.92. The Kier molecular flexibility index (Phi) is 3.16. The summed E-state index contributed by atoms with van der Waals surface area (Å²) in [5.74, 6) is -0.0405. The summed E-state index contributed by atoms with van der Waals surface area (Å²) in [7, 11) is 0. The molecule has 0 bridgehead atoms. The maximum absolute atomic E-state index is 12.8. The molecule has 1 spiro atoms. The third-order valence-corrected chi connectivity index (χ3v) is 4.31. The molecule has 3 rings (SSSR count). The van der Waals surface area contributed by atoms with Crippen molar-refractivity contribution in [2.45, 2.75) is 50.7 Å². The molecule has 1 aromatic heterocycles. The lowest BCUT2D eigenvalue weighted by molar-refractivity contribution is -0.154. The van der Waals surface area contributed by atoms with Crippen molar-refractivity contribution in [3.8, 4) is 0 Å². The molecular weight excluding hydrogens is 256 g/mol. The molecule has 2 aliphatic rings. The fraction of sp³-hybridized carbons (Fsp3) is 0.571. The van der Waals surface area contributed by atoms with Crippen molar-refractivity contribution in [2.24, 2.45) is 0 Å². The summed E-state index contributed by atoms with van der Waals surface area (Å²) in [5.41, 5.74) is 0.0828. The average molecular weight is 274 g/mol. The summed E-state index contributed by atoms with van der Waals surface area (Å²) in [4.78, 5) is 34.6. The van der Waals surface area contributed by atoms with Crippen molar-refractivity contribution in [2.75, 3.05) is 0 Å². The summed E-state index contributed by atoms with van der Waals surface area (Å²) in [6, 6.07) is 1.32. The maximum Gasteiger partial charge on any atom is 0.249 e. The van der Waals surface area contributed by atoms with Gasteiger partial charge < -0.3 is 10.2 Å². The Labute approximate surface area is 117 Å². The second-order valence-electron chi connectivity index (χ2n) is 5.59. The van der Waals surface area contributed by atoms with Gasteiger partial charge in [-0.2, -0.15) is 0 Å². The molecule has 106 valence electrons. The molecule has 1 atom stereocenters. The molecule has 2 fully saturated rings. The van der Waals surface area contributed by atoms with E-state index in [1.807, 2.05) is 0 Å². The van der Waals surface area contributed by atoms with Crippen molar-refractivity contribution >= 4 is 11.8 Å². The number of piperazine rings is 1. The standard InChI is InChI=1S/C14H18N4O2/c1-10-12(19)17-14(5-2-3-6-14)13(20)18(10)8-11-4-7-15-9-16-11/h4,7,9-10H,2-3,5-6,8H2,1H3,(H,17,19). The van der Waals surface area contributed by atoms with E-state index in [9.17, 15) is 9.59 Å². The van der Waals surface area contributed by atoms with E-state index in [2.05, 4.69) is 15.3 Å². The van der Waals surface area contributed by atoms with Crippen LogP contribution in [0.25, 0.3) is 0 Å². The zero-order chi connectivity index (χ0) is 14.2. The molecule has 1 aliphatic heterocycles. The highest BCUT2D eigenvalue weighted by atomic mass is 16.2. The fourth-order valence-corrected chi connectivity index (χ4v) is 3.10. The molecule has 1 saturated heterocycles. The molecule has 0 aromatic carbocycles. The van der Waals surface area contributed by atoms with Gasteiger partial charge in [0.2, 0.25) is 11.8 Å². The molecule has 6 nitrogen and oxygen atoms in total. The van der Waals surface area contributed by atoms with E-state index in [1.54, 1.807) is 24.1 Å². The number of nitrogens with zero attached hydrogens (tertiary/aromatic N) is 3. The largest absolute Gasteiger partial charge is 0.340 e. The van der Waals surface area contributed by atoms with Crippen molar-refractivity contribution < 1.29 is 9.59 Å². The summed E-state index contributed by atoms with van der Waals surface area (Å²) in [6.07, 6.45) is 6.56. The van der Waals surface area contributed by atoms with E-state index < -0.39 is 11.6 Å². The van der Waals surface area contributed by atoms with E-state index in [-0.39, 0.29) is 11.8 Å². The van der Waals surface area contributed by atoms with Gasteiger partial charge in [-0.1, -0.05) is 12.8 Å². The molecular formula is C14H18N4O2. The van der Waals surface area contributed by atoms with Crippen molar-refractivity contribution in [3.63, 3.8) is 0 Å². The molecule has 1 saturated carbocycles. The van der Waals surface area contributed by atoms with Crippen LogP contribution in [-0.2, 0) is 16.1 Å². The topological polar surface area (TPSA) is 75.2 Å². The zero-order valence-electron chi connectivity index (χ0n) is 11.5. The molecule has 20 heavy (non-hydrogen) atoms. The lowest BCUT2D eigenvalue weighted by atomic mass is 9.91. The van der Waals surface area contributed by atoms with E-state index in [1.165, 1.54) is 6.33 Å². The van der Waals surface area contributed by atoms with Gasteiger partial charge in [-0.15, -0.1) is 0 Å². The molecule has 1 aliphatic carbocycles. The number of amides is 2.